The van der Waals surface area contributed by atoms with Crippen molar-refractivity contribution in [3.05, 3.63) is 72.6 Å². The molecule has 4 bridgehead atoms. The molecule has 4 amide bonds. The second kappa shape index (κ2) is 20.1. The van der Waals surface area contributed by atoms with Gasteiger partial charge in [-0.3, -0.25) is 24.1 Å². The minimum atomic E-state index is -0.0295. The molecule has 20 nitrogen and oxygen atoms in total. The first-order valence-corrected chi connectivity index (χ1v) is 26.1. The average molecular weight is 991 g/mol. The van der Waals surface area contributed by atoms with Crippen LogP contribution in [0.25, 0.3) is 22.1 Å². The summed E-state index contributed by atoms with van der Waals surface area (Å²) < 4.78 is 4.20. The monoisotopic (exact) mass is 991 g/mol. The van der Waals surface area contributed by atoms with Crippen LogP contribution < -0.4 is 25.8 Å². The van der Waals surface area contributed by atoms with Gasteiger partial charge in [-0.25, -0.2) is 19.9 Å². The van der Waals surface area contributed by atoms with E-state index in [-0.39, 0.29) is 35.7 Å². The van der Waals surface area contributed by atoms with Gasteiger partial charge in [-0.1, -0.05) is 25.7 Å². The zero-order valence-corrected chi connectivity index (χ0v) is 42.5. The van der Waals surface area contributed by atoms with Crippen molar-refractivity contribution < 1.29 is 19.2 Å². The lowest BCUT2D eigenvalue weighted by Gasteiger charge is -2.25. The van der Waals surface area contributed by atoms with Crippen molar-refractivity contribution in [1.29, 1.82) is 0 Å². The van der Waals surface area contributed by atoms with E-state index in [0.29, 0.717) is 85.0 Å². The number of rotatable bonds is 10. The number of likely N-dealkylation sites (N-methyl/N-ethyl adjacent to an activating group) is 1. The first-order chi connectivity index (χ1) is 35.3. The number of fused-ring (bicyclic) bond motifs is 6. The van der Waals surface area contributed by atoms with Crippen molar-refractivity contribution in [1.82, 2.24) is 59.1 Å². The Morgan fingerprint density at radius 1 is 0.562 bits per heavy atom. The summed E-state index contributed by atoms with van der Waals surface area (Å²) in [6.07, 6.45) is 21.3. The van der Waals surface area contributed by atoms with Crippen LogP contribution in [0.15, 0.2) is 61.2 Å². The van der Waals surface area contributed by atoms with Crippen LogP contribution in [0.4, 0.5) is 34.9 Å². The van der Waals surface area contributed by atoms with Crippen molar-refractivity contribution in [3.63, 3.8) is 0 Å². The van der Waals surface area contributed by atoms with Crippen LogP contribution >= 0.6 is 0 Å². The molecule has 382 valence electrons. The average Bonchev–Trinajstić information content (AvgIpc) is 4.26. The molecule has 6 aliphatic rings. The van der Waals surface area contributed by atoms with Crippen molar-refractivity contribution >= 4 is 80.6 Å². The number of carbonyl (C=O) groups excluding carboxylic acids is 4. The summed E-state index contributed by atoms with van der Waals surface area (Å²) >= 11 is 0. The number of nitrogens with zero attached hydrogens (tertiary/aromatic N) is 13. The molecule has 2 saturated carbocycles. The fourth-order valence-corrected chi connectivity index (χ4v) is 12.0. The summed E-state index contributed by atoms with van der Waals surface area (Å²) in [5, 5.41) is 11.7. The highest BCUT2D eigenvalue weighted by atomic mass is 16.2. The first-order valence-electron chi connectivity index (χ1n) is 26.1. The molecule has 2 aliphatic carbocycles. The van der Waals surface area contributed by atoms with Crippen LogP contribution in [0.2, 0.25) is 0 Å². The maximum absolute atomic E-state index is 12.9. The summed E-state index contributed by atoms with van der Waals surface area (Å²) in [5.74, 6) is 2.30. The smallest absolute Gasteiger partial charge is 0.270 e. The summed E-state index contributed by atoms with van der Waals surface area (Å²) in [6, 6.07) is 13.3. The molecule has 3 N–H and O–H groups in total. The summed E-state index contributed by atoms with van der Waals surface area (Å²) in [5.41, 5.74) is 4.45. The number of aromatic nitrogens is 8. The van der Waals surface area contributed by atoms with Crippen LogP contribution in [0.5, 0.6) is 0 Å². The Bertz CT molecular complexity index is 3030. The van der Waals surface area contributed by atoms with Gasteiger partial charge in [0.1, 0.15) is 34.3 Å². The highest BCUT2D eigenvalue weighted by Crippen LogP contribution is 2.37. The lowest BCUT2D eigenvalue weighted by Crippen LogP contribution is -2.38. The topological polar surface area (TPSA) is 208 Å². The van der Waals surface area contributed by atoms with Gasteiger partial charge in [0.05, 0.1) is 23.8 Å². The Balaban J connectivity index is 0.000000157. The molecule has 6 fully saturated rings. The molecule has 6 aromatic rings. The lowest BCUT2D eigenvalue weighted by molar-refractivity contribution is -0.119. The van der Waals surface area contributed by atoms with Gasteiger partial charge in [0, 0.05) is 114 Å². The van der Waals surface area contributed by atoms with Gasteiger partial charge in [-0.05, 0) is 94.8 Å². The Hall–Kier alpha value is -7.06. The van der Waals surface area contributed by atoms with Crippen molar-refractivity contribution in [2.45, 2.75) is 126 Å². The normalized spacial score (nSPS) is 22.4. The number of carbonyl (C=O) groups is 4. The Morgan fingerprint density at radius 2 is 1.04 bits per heavy atom. The van der Waals surface area contributed by atoms with E-state index in [0.717, 1.165) is 110 Å². The molecule has 4 saturated heterocycles. The van der Waals surface area contributed by atoms with E-state index in [4.69, 9.17) is 9.97 Å². The zero-order chi connectivity index (χ0) is 50.5. The van der Waals surface area contributed by atoms with Crippen LogP contribution in [0, 0.1) is 0 Å². The fourth-order valence-electron chi connectivity index (χ4n) is 12.0. The highest BCUT2D eigenvalue weighted by Gasteiger charge is 2.39. The van der Waals surface area contributed by atoms with Crippen LogP contribution in [0.3, 0.4) is 0 Å². The van der Waals surface area contributed by atoms with E-state index in [2.05, 4.69) is 57.0 Å². The fraction of sp³-hybridized carbons (Fsp3) is 0.509. The van der Waals surface area contributed by atoms with Gasteiger partial charge in [0.15, 0.2) is 0 Å². The molecule has 12 rings (SSSR count). The second-order valence-electron chi connectivity index (χ2n) is 21.2. The van der Waals surface area contributed by atoms with E-state index in [1.807, 2.05) is 46.2 Å². The van der Waals surface area contributed by atoms with Crippen LogP contribution in [0.1, 0.15) is 123 Å². The minimum absolute atomic E-state index is 0.0286. The van der Waals surface area contributed by atoms with Gasteiger partial charge in [0.25, 0.3) is 11.8 Å². The van der Waals surface area contributed by atoms with Gasteiger partial charge in [-0.15, -0.1) is 0 Å². The predicted molar refractivity (Wildman–Crippen MR) is 280 cm³/mol. The van der Waals surface area contributed by atoms with E-state index < -0.39 is 0 Å². The van der Waals surface area contributed by atoms with Crippen molar-refractivity contribution in [2.24, 2.45) is 0 Å². The SMILES string of the molecule is CN(C)C(=O)c1cc2cnc(Nc3ccc(N4CC5CCC(CC4=O)N5)cn3)nc2n1C1CCCC1.CN(C)C(=O)c1cc2cnc(Nc3ccc(N4C[C@H]5CC[C@@H](CC4=O)N5C)cn3)nc2n1C1CCCC1. The molecule has 2 unspecified atom stereocenters. The second-order valence-corrected chi connectivity index (χ2v) is 21.2. The van der Waals surface area contributed by atoms with E-state index in [9.17, 15) is 19.2 Å². The number of hydrogen-bond donors (Lipinski definition) is 3. The number of anilines is 6. The molecule has 6 aromatic heterocycles. The largest absolute Gasteiger partial charge is 0.343 e. The molecule has 73 heavy (non-hydrogen) atoms. The summed E-state index contributed by atoms with van der Waals surface area (Å²) in [7, 11) is 9.22. The molecule has 20 heteroatoms. The van der Waals surface area contributed by atoms with E-state index in [1.165, 1.54) is 0 Å². The molecule has 4 aliphatic heterocycles. The van der Waals surface area contributed by atoms with Gasteiger partial charge in [-0.2, -0.15) is 9.97 Å². The number of nitrogens with one attached hydrogen (secondary N) is 3. The number of pyridine rings is 2. The van der Waals surface area contributed by atoms with Crippen LogP contribution in [-0.4, -0.2) is 150 Å². The number of amides is 4. The molecule has 10 heterocycles. The Kier molecular flexibility index (Phi) is 13.3. The van der Waals surface area contributed by atoms with E-state index in [1.54, 1.807) is 62.8 Å². The maximum atomic E-state index is 12.9. The molecule has 4 atom stereocenters. The highest BCUT2D eigenvalue weighted by molar-refractivity contribution is 5.99. The van der Waals surface area contributed by atoms with Crippen LogP contribution in [-0.2, 0) is 9.59 Å². The standard InChI is InChI=1S/C27H34N8O2.C26H32N8O2/c1-32(2)26(37)22-12-17-14-29-27(31-25(17)35(22)18-6-4-5-7-18)30-23-11-10-20(15-28-23)34-16-21-9-8-19(33(21)3)13-24(34)36;1-32(2)25(36)21-11-16-13-28-26(31-24(16)34(21)19-5-3-4-6-19)30-22-10-9-20(14-27-22)33-15-18-8-7-17(29-18)12-23(33)35/h10-12,14-15,18-19,21H,4-9,13,16H2,1-3H3,(H,28,29,30,31);9-11,13-14,17-19,29H,3-8,12,15H2,1-2H3,(H,27,28,30,31)/t19-,21+;/m0./s1. The molecule has 0 spiro atoms. The minimum Gasteiger partial charge on any atom is -0.343 e. The first kappa shape index (κ1) is 48.2. The predicted octanol–water partition coefficient (Wildman–Crippen LogP) is 6.83. The van der Waals surface area contributed by atoms with E-state index >= 15 is 0 Å². The third kappa shape index (κ3) is 9.69. The zero-order valence-electron chi connectivity index (χ0n) is 42.5. The van der Waals surface area contributed by atoms with Gasteiger partial charge >= 0.3 is 0 Å². The molecule has 0 radical (unpaired) electrons. The Labute approximate surface area is 425 Å². The maximum Gasteiger partial charge on any atom is 0.270 e. The third-order valence-electron chi connectivity index (χ3n) is 15.9. The van der Waals surface area contributed by atoms with Gasteiger partial charge < -0.3 is 44.7 Å². The van der Waals surface area contributed by atoms with Gasteiger partial charge in [0.2, 0.25) is 23.7 Å². The van der Waals surface area contributed by atoms with Crippen molar-refractivity contribution in [2.75, 3.05) is 68.8 Å². The van der Waals surface area contributed by atoms with Crippen molar-refractivity contribution in [3.8, 4) is 0 Å². The lowest BCUT2D eigenvalue weighted by atomic mass is 10.1. The Morgan fingerprint density at radius 3 is 1.53 bits per heavy atom. The third-order valence-corrected chi connectivity index (χ3v) is 15.9. The summed E-state index contributed by atoms with van der Waals surface area (Å²) in [6.45, 7) is 1.38. The molecular formula is C53H66N16O4. The summed E-state index contributed by atoms with van der Waals surface area (Å²) in [4.78, 5) is 88.4. The number of hydrogen-bond acceptors (Lipinski definition) is 14. The molecular weight excluding hydrogens is 925 g/mol. The quantitative estimate of drug-likeness (QED) is 0.129. The molecule has 0 aromatic carbocycles.